The zero-order chi connectivity index (χ0) is 17.1. The molecule has 0 aliphatic carbocycles. The highest BCUT2D eigenvalue weighted by Gasteiger charge is 2.01. The lowest BCUT2D eigenvalue weighted by atomic mass is 10.2. The van der Waals surface area contributed by atoms with E-state index in [0.29, 0.717) is 16.2 Å². The predicted octanol–water partition coefficient (Wildman–Crippen LogP) is 3.40. The summed E-state index contributed by atoms with van der Waals surface area (Å²) < 4.78 is 5.10. The minimum Gasteiger partial charge on any atom is -0.384 e. The third kappa shape index (κ3) is 9.61. The summed E-state index contributed by atoms with van der Waals surface area (Å²) in [7, 11) is 3.72. The molecule has 1 atom stereocenters. The van der Waals surface area contributed by atoms with E-state index >= 15 is 0 Å². The first-order chi connectivity index (χ1) is 11.0. The van der Waals surface area contributed by atoms with Gasteiger partial charge in [-0.2, -0.15) is 0 Å². The number of aromatic nitrogens is 2. The molecule has 0 radical (unpaired) electrons. The quantitative estimate of drug-likeness (QED) is 0.228. The Morgan fingerprint density at radius 3 is 3.04 bits per heavy atom. The Morgan fingerprint density at radius 1 is 1.57 bits per heavy atom. The fourth-order valence-corrected chi connectivity index (χ4v) is 2.80. The minimum atomic E-state index is 0.413. The second kappa shape index (κ2) is 11.5. The molecule has 0 bridgehead atoms. The van der Waals surface area contributed by atoms with Gasteiger partial charge in [-0.15, -0.1) is 0 Å². The molecule has 128 valence electrons. The lowest BCUT2D eigenvalue weighted by Gasteiger charge is -2.19. The van der Waals surface area contributed by atoms with Crippen LogP contribution in [0.25, 0.3) is 0 Å². The maximum absolute atomic E-state index is 5.84. The molecule has 0 aliphatic heterocycles. The van der Waals surface area contributed by atoms with Gasteiger partial charge in [-0.05, 0) is 25.0 Å². The number of allylic oxidation sites excluding steroid dienone is 3. The fourth-order valence-electron chi connectivity index (χ4n) is 1.77. The van der Waals surface area contributed by atoms with Crippen molar-refractivity contribution in [3.8, 4) is 0 Å². The van der Waals surface area contributed by atoms with Gasteiger partial charge in [0.15, 0.2) is 5.16 Å². The maximum Gasteiger partial charge on any atom is 0.188 e. The van der Waals surface area contributed by atoms with Gasteiger partial charge in [0.05, 0.1) is 6.61 Å². The fraction of sp³-hybridized carbons (Fsp3) is 0.500. The molecule has 0 aliphatic rings. The molecule has 0 amide bonds. The van der Waals surface area contributed by atoms with Crippen molar-refractivity contribution < 1.29 is 4.74 Å². The number of halogens is 1. The van der Waals surface area contributed by atoms with Crippen molar-refractivity contribution >= 4 is 23.4 Å². The topological polar surface area (TPSA) is 50.3 Å². The SMILES string of the molecule is COCC(C)/C=C\C=C(/C)NN(C)CCSc1nccc(Cl)n1. The van der Waals surface area contributed by atoms with Crippen molar-refractivity contribution in [2.45, 2.75) is 19.0 Å². The van der Waals surface area contributed by atoms with E-state index < -0.39 is 0 Å². The Kier molecular flexibility index (Phi) is 9.94. The van der Waals surface area contributed by atoms with E-state index in [4.69, 9.17) is 16.3 Å². The summed E-state index contributed by atoms with van der Waals surface area (Å²) in [6, 6.07) is 1.68. The van der Waals surface area contributed by atoms with Crippen molar-refractivity contribution in [3.05, 3.63) is 41.3 Å². The second-order valence-corrected chi connectivity index (χ2v) is 6.66. The predicted molar refractivity (Wildman–Crippen MR) is 97.5 cm³/mol. The molecule has 1 N–H and O–H groups in total. The van der Waals surface area contributed by atoms with Crippen LogP contribution in [0.4, 0.5) is 0 Å². The number of methoxy groups -OCH3 is 1. The average molecular weight is 357 g/mol. The number of thioether (sulfide) groups is 1. The van der Waals surface area contributed by atoms with Crippen LogP contribution in [-0.2, 0) is 4.74 Å². The molecule has 0 aromatic carbocycles. The molecule has 23 heavy (non-hydrogen) atoms. The van der Waals surface area contributed by atoms with E-state index in [1.807, 2.05) is 19.0 Å². The van der Waals surface area contributed by atoms with Crippen LogP contribution >= 0.6 is 23.4 Å². The molecule has 1 heterocycles. The summed E-state index contributed by atoms with van der Waals surface area (Å²) >= 11 is 7.42. The first-order valence-electron chi connectivity index (χ1n) is 7.44. The highest BCUT2D eigenvalue weighted by Crippen LogP contribution is 2.14. The second-order valence-electron chi connectivity index (χ2n) is 5.21. The van der Waals surface area contributed by atoms with Crippen LogP contribution in [0.3, 0.4) is 0 Å². The standard InChI is InChI=1S/C16H25ClN4OS/c1-13(12-22-4)6-5-7-14(2)20-21(3)10-11-23-16-18-9-8-15(17)19-16/h5-9,13,20H,10-12H2,1-4H3/b6-5-,14-7+. The molecule has 0 fully saturated rings. The number of hydrazine groups is 1. The van der Waals surface area contributed by atoms with Gasteiger partial charge in [-0.1, -0.05) is 42.4 Å². The Labute approximate surface area is 148 Å². The van der Waals surface area contributed by atoms with Gasteiger partial charge in [0, 0.05) is 38.3 Å². The number of hydrogen-bond donors (Lipinski definition) is 1. The number of rotatable bonds is 10. The molecule has 1 unspecified atom stereocenters. The Bertz CT molecular complexity index is 525. The molecule has 1 aromatic rings. The highest BCUT2D eigenvalue weighted by molar-refractivity contribution is 7.99. The van der Waals surface area contributed by atoms with Crippen LogP contribution in [0.5, 0.6) is 0 Å². The van der Waals surface area contributed by atoms with E-state index in [1.165, 1.54) is 0 Å². The van der Waals surface area contributed by atoms with Crippen LogP contribution in [0.1, 0.15) is 13.8 Å². The lowest BCUT2D eigenvalue weighted by molar-refractivity contribution is 0.176. The zero-order valence-electron chi connectivity index (χ0n) is 14.1. The summed E-state index contributed by atoms with van der Waals surface area (Å²) in [5, 5.41) is 3.21. The van der Waals surface area contributed by atoms with E-state index in [1.54, 1.807) is 31.1 Å². The van der Waals surface area contributed by atoms with E-state index in [9.17, 15) is 0 Å². The van der Waals surface area contributed by atoms with E-state index in [0.717, 1.165) is 24.6 Å². The van der Waals surface area contributed by atoms with Crippen molar-refractivity contribution in [3.63, 3.8) is 0 Å². The third-order valence-electron chi connectivity index (χ3n) is 2.84. The molecule has 5 nitrogen and oxygen atoms in total. The Balaban J connectivity index is 2.28. The van der Waals surface area contributed by atoms with Gasteiger partial charge in [0.2, 0.25) is 0 Å². The molecular weight excluding hydrogens is 332 g/mol. The first kappa shape index (κ1) is 20.0. The zero-order valence-corrected chi connectivity index (χ0v) is 15.7. The number of hydrogen-bond acceptors (Lipinski definition) is 6. The molecule has 1 rings (SSSR count). The summed E-state index contributed by atoms with van der Waals surface area (Å²) in [5.74, 6) is 1.29. The third-order valence-corrected chi connectivity index (χ3v) is 3.89. The van der Waals surface area contributed by atoms with Gasteiger partial charge >= 0.3 is 0 Å². The molecule has 0 spiro atoms. The van der Waals surface area contributed by atoms with Gasteiger partial charge in [0.1, 0.15) is 5.15 Å². The average Bonchev–Trinajstić information content (AvgIpc) is 2.47. The minimum absolute atomic E-state index is 0.413. The van der Waals surface area contributed by atoms with Crippen molar-refractivity contribution in [1.29, 1.82) is 0 Å². The van der Waals surface area contributed by atoms with Crippen molar-refractivity contribution in [2.24, 2.45) is 5.92 Å². The van der Waals surface area contributed by atoms with Crippen LogP contribution < -0.4 is 5.43 Å². The summed E-state index contributed by atoms with van der Waals surface area (Å²) in [6.07, 6.45) is 7.90. The van der Waals surface area contributed by atoms with Gasteiger partial charge in [-0.25, -0.2) is 15.0 Å². The van der Waals surface area contributed by atoms with E-state index in [-0.39, 0.29) is 0 Å². The van der Waals surface area contributed by atoms with Crippen LogP contribution in [0.15, 0.2) is 41.3 Å². The van der Waals surface area contributed by atoms with E-state index in [2.05, 4.69) is 40.5 Å². The summed E-state index contributed by atoms with van der Waals surface area (Å²) in [4.78, 5) is 8.32. The largest absolute Gasteiger partial charge is 0.384 e. The molecular formula is C16H25ClN4OS. The van der Waals surface area contributed by atoms with Crippen molar-refractivity contribution in [1.82, 2.24) is 20.4 Å². The smallest absolute Gasteiger partial charge is 0.188 e. The molecule has 7 heteroatoms. The lowest BCUT2D eigenvalue weighted by Crippen LogP contribution is -2.34. The van der Waals surface area contributed by atoms with Crippen LogP contribution in [-0.4, -0.2) is 48.0 Å². The number of nitrogens with one attached hydrogen (secondary N) is 1. The number of nitrogens with zero attached hydrogens (tertiary/aromatic N) is 3. The Morgan fingerprint density at radius 2 is 2.35 bits per heavy atom. The molecule has 1 aromatic heterocycles. The number of ether oxygens (including phenoxy) is 1. The highest BCUT2D eigenvalue weighted by atomic mass is 35.5. The van der Waals surface area contributed by atoms with Crippen LogP contribution in [0.2, 0.25) is 5.15 Å². The first-order valence-corrected chi connectivity index (χ1v) is 8.80. The van der Waals surface area contributed by atoms with Crippen molar-refractivity contribution in [2.75, 3.05) is 33.1 Å². The molecule has 0 saturated carbocycles. The normalized spacial score (nSPS) is 13.7. The van der Waals surface area contributed by atoms with Gasteiger partial charge < -0.3 is 10.2 Å². The van der Waals surface area contributed by atoms with Gasteiger partial charge in [0.25, 0.3) is 0 Å². The Hall–Kier alpha value is -1.08. The van der Waals surface area contributed by atoms with Gasteiger partial charge in [-0.3, -0.25) is 0 Å². The molecule has 0 saturated heterocycles. The summed E-state index contributed by atoms with van der Waals surface area (Å²) in [6.45, 7) is 5.75. The maximum atomic E-state index is 5.84. The monoisotopic (exact) mass is 356 g/mol. The summed E-state index contributed by atoms with van der Waals surface area (Å²) in [5.41, 5.74) is 4.40. The van der Waals surface area contributed by atoms with Crippen LogP contribution in [0, 0.1) is 5.92 Å².